The van der Waals surface area contributed by atoms with Gasteiger partial charge in [0.05, 0.1) is 18.4 Å². The molecule has 2 aromatic rings. The average molecular weight is 352 g/mol. The fourth-order valence-electron chi connectivity index (χ4n) is 2.89. The fraction of sp³-hybridized carbons (Fsp3) is 0.333. The SMILES string of the molecule is Cc1ccc(C(C)NC(=O)CON=C2CCOc3ccccc32)cc1C. The van der Waals surface area contributed by atoms with Gasteiger partial charge in [-0.15, -0.1) is 0 Å². The van der Waals surface area contributed by atoms with Crippen LogP contribution in [0.2, 0.25) is 0 Å². The first kappa shape index (κ1) is 18.0. The Morgan fingerprint density at radius 2 is 2.04 bits per heavy atom. The summed E-state index contributed by atoms with van der Waals surface area (Å²) in [5.74, 6) is 0.606. The van der Waals surface area contributed by atoms with Gasteiger partial charge in [0.1, 0.15) is 5.75 Å². The molecular formula is C21H24N2O3. The number of nitrogens with zero attached hydrogens (tertiary/aromatic N) is 1. The molecule has 5 heteroatoms. The molecule has 136 valence electrons. The van der Waals surface area contributed by atoms with Gasteiger partial charge in [-0.3, -0.25) is 4.79 Å². The highest BCUT2D eigenvalue weighted by molar-refractivity contribution is 6.03. The number of carbonyl (C=O) groups excluding carboxylic acids is 1. The van der Waals surface area contributed by atoms with E-state index in [1.54, 1.807) is 0 Å². The van der Waals surface area contributed by atoms with E-state index in [9.17, 15) is 4.79 Å². The number of nitrogens with one attached hydrogen (secondary N) is 1. The Balaban J connectivity index is 1.55. The molecular weight excluding hydrogens is 328 g/mol. The third-order valence-electron chi connectivity index (χ3n) is 4.57. The first-order valence-corrected chi connectivity index (χ1v) is 8.82. The monoisotopic (exact) mass is 352 g/mol. The van der Waals surface area contributed by atoms with Gasteiger partial charge in [0.15, 0.2) is 6.61 Å². The topological polar surface area (TPSA) is 59.9 Å². The van der Waals surface area contributed by atoms with Gasteiger partial charge < -0.3 is 14.9 Å². The van der Waals surface area contributed by atoms with Crippen LogP contribution in [0.25, 0.3) is 0 Å². The first-order valence-electron chi connectivity index (χ1n) is 8.82. The van der Waals surface area contributed by atoms with Gasteiger partial charge in [-0.25, -0.2) is 0 Å². The summed E-state index contributed by atoms with van der Waals surface area (Å²) in [6.45, 7) is 6.56. The van der Waals surface area contributed by atoms with Gasteiger partial charge in [0.25, 0.3) is 5.91 Å². The second-order valence-corrected chi connectivity index (χ2v) is 6.54. The second-order valence-electron chi connectivity index (χ2n) is 6.54. The van der Waals surface area contributed by atoms with Gasteiger partial charge in [-0.05, 0) is 49.6 Å². The van der Waals surface area contributed by atoms with Crippen LogP contribution in [0.4, 0.5) is 0 Å². The van der Waals surface area contributed by atoms with E-state index in [1.165, 1.54) is 11.1 Å². The molecule has 0 saturated carbocycles. The number of ether oxygens (including phenoxy) is 1. The van der Waals surface area contributed by atoms with Crippen LogP contribution in [0.3, 0.4) is 0 Å². The molecule has 0 radical (unpaired) electrons. The zero-order chi connectivity index (χ0) is 18.5. The van der Waals surface area contributed by atoms with Crippen molar-refractivity contribution in [3.8, 4) is 5.75 Å². The van der Waals surface area contributed by atoms with Gasteiger partial charge in [0, 0.05) is 12.0 Å². The molecule has 1 atom stereocenters. The van der Waals surface area contributed by atoms with Gasteiger partial charge >= 0.3 is 0 Å². The predicted octanol–water partition coefficient (Wildman–Crippen LogP) is 3.68. The van der Waals surface area contributed by atoms with E-state index in [1.807, 2.05) is 37.3 Å². The Kier molecular flexibility index (Phi) is 5.56. The maximum Gasteiger partial charge on any atom is 0.261 e. The summed E-state index contributed by atoms with van der Waals surface area (Å²) < 4.78 is 5.59. The third kappa shape index (κ3) is 4.23. The smallest absolute Gasteiger partial charge is 0.261 e. The van der Waals surface area contributed by atoms with Crippen LogP contribution in [0.1, 0.15) is 41.6 Å². The lowest BCUT2D eigenvalue weighted by Crippen LogP contribution is -2.30. The molecule has 1 unspecified atom stereocenters. The zero-order valence-electron chi connectivity index (χ0n) is 15.4. The molecule has 0 aliphatic carbocycles. The molecule has 1 amide bonds. The summed E-state index contributed by atoms with van der Waals surface area (Å²) >= 11 is 0. The number of hydrogen-bond acceptors (Lipinski definition) is 4. The molecule has 0 aromatic heterocycles. The number of hydrogen-bond donors (Lipinski definition) is 1. The Morgan fingerprint density at radius 1 is 1.23 bits per heavy atom. The normalized spacial score (nSPS) is 15.7. The van der Waals surface area contributed by atoms with Crippen LogP contribution < -0.4 is 10.1 Å². The van der Waals surface area contributed by atoms with Crippen molar-refractivity contribution in [2.75, 3.05) is 13.2 Å². The Labute approximate surface area is 154 Å². The molecule has 0 saturated heterocycles. The van der Waals surface area contributed by atoms with Crippen molar-refractivity contribution in [2.45, 2.75) is 33.2 Å². The minimum atomic E-state index is -0.194. The van der Waals surface area contributed by atoms with Crippen LogP contribution >= 0.6 is 0 Å². The Hall–Kier alpha value is -2.82. The van der Waals surface area contributed by atoms with Crippen molar-refractivity contribution >= 4 is 11.6 Å². The summed E-state index contributed by atoms with van der Waals surface area (Å²) in [4.78, 5) is 17.4. The quantitative estimate of drug-likeness (QED) is 0.835. The van der Waals surface area contributed by atoms with Crippen LogP contribution in [0.5, 0.6) is 5.75 Å². The first-order chi connectivity index (χ1) is 12.5. The molecule has 26 heavy (non-hydrogen) atoms. The van der Waals surface area contributed by atoms with E-state index in [4.69, 9.17) is 9.57 Å². The lowest BCUT2D eigenvalue weighted by molar-refractivity contribution is -0.126. The van der Waals surface area contributed by atoms with Crippen molar-refractivity contribution in [3.05, 3.63) is 64.7 Å². The molecule has 0 spiro atoms. The Bertz CT molecular complexity index is 830. The maximum atomic E-state index is 12.1. The van der Waals surface area contributed by atoms with Crippen LogP contribution in [0.15, 0.2) is 47.6 Å². The van der Waals surface area contributed by atoms with E-state index < -0.39 is 0 Å². The zero-order valence-corrected chi connectivity index (χ0v) is 15.4. The minimum absolute atomic E-state index is 0.0816. The summed E-state index contributed by atoms with van der Waals surface area (Å²) in [6, 6.07) is 13.8. The van der Waals surface area contributed by atoms with Crippen LogP contribution in [0, 0.1) is 13.8 Å². The molecule has 1 N–H and O–H groups in total. The molecule has 5 nitrogen and oxygen atoms in total. The number of rotatable bonds is 5. The van der Waals surface area contributed by atoms with E-state index in [-0.39, 0.29) is 18.6 Å². The predicted molar refractivity (Wildman–Crippen MR) is 102 cm³/mol. The molecule has 2 aromatic carbocycles. The molecule has 1 aliphatic heterocycles. The molecule has 1 aliphatic rings. The average Bonchev–Trinajstić information content (AvgIpc) is 2.64. The van der Waals surface area contributed by atoms with Crippen molar-refractivity contribution in [1.29, 1.82) is 0 Å². The van der Waals surface area contributed by atoms with Crippen molar-refractivity contribution in [2.24, 2.45) is 5.16 Å². The summed E-state index contributed by atoms with van der Waals surface area (Å²) in [5.41, 5.74) is 5.25. The lowest BCUT2D eigenvalue weighted by atomic mass is 10.0. The highest BCUT2D eigenvalue weighted by atomic mass is 16.6. The van der Waals surface area contributed by atoms with Crippen molar-refractivity contribution in [1.82, 2.24) is 5.32 Å². The van der Waals surface area contributed by atoms with Crippen molar-refractivity contribution in [3.63, 3.8) is 0 Å². The number of amides is 1. The van der Waals surface area contributed by atoms with Crippen LogP contribution in [-0.4, -0.2) is 24.8 Å². The number of oxime groups is 1. The third-order valence-corrected chi connectivity index (χ3v) is 4.57. The molecule has 0 bridgehead atoms. The van der Waals surface area contributed by atoms with Gasteiger partial charge in [0.2, 0.25) is 0 Å². The number of benzene rings is 2. The van der Waals surface area contributed by atoms with E-state index in [0.29, 0.717) is 13.0 Å². The van der Waals surface area contributed by atoms with Crippen LogP contribution in [-0.2, 0) is 9.63 Å². The van der Waals surface area contributed by atoms with E-state index >= 15 is 0 Å². The van der Waals surface area contributed by atoms with Gasteiger partial charge in [-0.2, -0.15) is 0 Å². The highest BCUT2D eigenvalue weighted by Crippen LogP contribution is 2.24. The maximum absolute atomic E-state index is 12.1. The highest BCUT2D eigenvalue weighted by Gasteiger charge is 2.17. The summed E-state index contributed by atoms with van der Waals surface area (Å²) in [7, 11) is 0. The van der Waals surface area contributed by atoms with E-state index in [0.717, 1.165) is 22.6 Å². The molecule has 0 fully saturated rings. The molecule has 1 heterocycles. The number of fused-ring (bicyclic) bond motifs is 1. The second kappa shape index (κ2) is 8.04. The molecule has 3 rings (SSSR count). The van der Waals surface area contributed by atoms with Crippen molar-refractivity contribution < 1.29 is 14.4 Å². The fourth-order valence-corrected chi connectivity index (χ4v) is 2.89. The number of para-hydroxylation sites is 1. The number of aryl methyl sites for hydroxylation is 2. The number of carbonyl (C=O) groups is 1. The Morgan fingerprint density at radius 3 is 2.85 bits per heavy atom. The standard InChI is InChI=1S/C21H24N2O3/c1-14-8-9-17(12-15(14)2)16(3)22-21(24)13-26-23-19-10-11-25-20-7-5-4-6-18(19)20/h4-9,12,16H,10-11,13H2,1-3H3,(H,22,24). The minimum Gasteiger partial charge on any atom is -0.492 e. The summed E-state index contributed by atoms with van der Waals surface area (Å²) in [6.07, 6.45) is 0.664. The lowest BCUT2D eigenvalue weighted by Gasteiger charge is -2.18. The van der Waals surface area contributed by atoms with E-state index in [2.05, 4.69) is 36.5 Å². The van der Waals surface area contributed by atoms with Gasteiger partial charge in [-0.1, -0.05) is 35.5 Å². The summed E-state index contributed by atoms with van der Waals surface area (Å²) in [5, 5.41) is 7.09. The largest absolute Gasteiger partial charge is 0.492 e.